The van der Waals surface area contributed by atoms with Gasteiger partial charge < -0.3 is 30.2 Å². The van der Waals surface area contributed by atoms with Crippen LogP contribution in [0.15, 0.2) is 21.8 Å². The lowest BCUT2D eigenvalue weighted by molar-refractivity contribution is -0.158. The van der Waals surface area contributed by atoms with Crippen LogP contribution in [0.2, 0.25) is 0 Å². The number of halogens is 2. The van der Waals surface area contributed by atoms with Gasteiger partial charge in [0.2, 0.25) is 17.9 Å². The first kappa shape index (κ1) is 38.6. The smallest absolute Gasteiger partial charge is 0.431 e. The molecule has 5 rings (SSSR count). The predicted molar refractivity (Wildman–Crippen MR) is 179 cm³/mol. The topological polar surface area (TPSA) is 197 Å². The zero-order valence-electron chi connectivity index (χ0n) is 25.7. The highest BCUT2D eigenvalue weighted by Crippen LogP contribution is 2.42. The van der Waals surface area contributed by atoms with E-state index < -0.39 is 36.2 Å². The molecule has 1 saturated heterocycles. The molecule has 1 aliphatic carbocycles. The summed E-state index contributed by atoms with van der Waals surface area (Å²) in [5.41, 5.74) is 6.83. The quantitative estimate of drug-likeness (QED) is 0.130. The number of hydrogen-bond donors (Lipinski definition) is 2. The van der Waals surface area contributed by atoms with Crippen molar-refractivity contribution in [3.05, 3.63) is 22.3 Å². The first-order chi connectivity index (χ1) is 21.7. The number of esters is 1. The summed E-state index contributed by atoms with van der Waals surface area (Å²) in [6, 6.07) is -0.837. The lowest BCUT2D eigenvalue weighted by atomic mass is 9.98. The number of thiazole rings is 1. The van der Waals surface area contributed by atoms with Gasteiger partial charge in [0, 0.05) is 23.4 Å². The second-order valence-electron chi connectivity index (χ2n) is 10.9. The molecule has 16 nitrogen and oxygen atoms in total. The molecule has 0 unspecified atom stereocenters. The number of likely N-dealkylation sites (N-methyl/N-ethyl adjacent to an activating group) is 1. The number of carbonyl (C=O) groups excluding carboxylic acids is 4. The predicted octanol–water partition coefficient (Wildman–Crippen LogP) is 2.09. The Morgan fingerprint density at radius 1 is 1.17 bits per heavy atom. The van der Waals surface area contributed by atoms with E-state index in [0.717, 1.165) is 38.6 Å². The van der Waals surface area contributed by atoms with E-state index >= 15 is 0 Å². The number of amides is 2. The van der Waals surface area contributed by atoms with Gasteiger partial charge in [-0.2, -0.15) is 0 Å². The maximum Gasteiger partial charge on any atom is 0.511 e. The second-order valence-corrected chi connectivity index (χ2v) is 13.8. The van der Waals surface area contributed by atoms with Crippen molar-refractivity contribution in [2.75, 3.05) is 44.7 Å². The third-order valence-electron chi connectivity index (χ3n) is 7.28. The minimum Gasteiger partial charge on any atom is -0.431 e. The molecule has 4 heterocycles. The number of nitrogens with one attached hydrogen (secondary N) is 1. The van der Waals surface area contributed by atoms with Crippen molar-refractivity contribution in [1.82, 2.24) is 40.3 Å². The standard InChI is InChI=1S/C26H35N9O7S3.2ClH/c1-33(2)8-9-34-25(30-31-32-34)45-12-15-11-43-22-19(29-18(36)10-16-13-44-24(27)28-16)21(37)35(22)20(15)23(38)40-14-41-26(39)42-17-6-4-3-5-7-17;;/h13,17,19,22H,3-12,14H2,1-2H3,(H2,27,28)(H,29,36);2*1H/t19-,22-;;/m1../s1. The van der Waals surface area contributed by atoms with Crippen LogP contribution in [0.25, 0.3) is 0 Å². The molecular weight excluding hydrogens is 717 g/mol. The number of hydrogen-bond acceptors (Lipinski definition) is 16. The molecule has 2 aromatic heterocycles. The Morgan fingerprint density at radius 2 is 1.94 bits per heavy atom. The van der Waals surface area contributed by atoms with E-state index in [0.29, 0.717) is 39.6 Å². The lowest BCUT2D eigenvalue weighted by Gasteiger charge is -2.49. The van der Waals surface area contributed by atoms with Gasteiger partial charge in [0.05, 0.1) is 18.7 Å². The zero-order chi connectivity index (χ0) is 31.9. The highest BCUT2D eigenvalue weighted by molar-refractivity contribution is 8.01. The molecule has 2 aromatic rings. The first-order valence-electron chi connectivity index (χ1n) is 14.4. The number of aromatic nitrogens is 5. The summed E-state index contributed by atoms with van der Waals surface area (Å²) in [5.74, 6) is -0.998. The number of rotatable bonds is 13. The van der Waals surface area contributed by atoms with Crippen LogP contribution in [-0.4, -0.2) is 115 Å². The average Bonchev–Trinajstić information content (AvgIpc) is 3.65. The third-order valence-corrected chi connectivity index (χ3v) is 10.4. The molecule has 3 N–H and O–H groups in total. The number of β-lactam (4-membered cyclic amide) rings is 1. The van der Waals surface area contributed by atoms with Crippen molar-refractivity contribution in [2.24, 2.45) is 0 Å². The molecule has 0 radical (unpaired) electrons. The summed E-state index contributed by atoms with van der Waals surface area (Å²) in [4.78, 5) is 59.0. The van der Waals surface area contributed by atoms with E-state index in [1.54, 1.807) is 10.1 Å². The van der Waals surface area contributed by atoms with Gasteiger partial charge in [0.15, 0.2) is 5.13 Å². The molecule has 260 valence electrons. The van der Waals surface area contributed by atoms with Crippen molar-refractivity contribution in [1.29, 1.82) is 0 Å². The minimum atomic E-state index is -0.911. The molecule has 1 saturated carbocycles. The van der Waals surface area contributed by atoms with Crippen LogP contribution in [0.4, 0.5) is 9.93 Å². The highest BCUT2D eigenvalue weighted by atomic mass is 35.5. The number of carbonyl (C=O) groups is 4. The fraction of sp³-hybridized carbons (Fsp3) is 0.615. The van der Waals surface area contributed by atoms with Gasteiger partial charge in [-0.3, -0.25) is 14.5 Å². The molecular formula is C26H37Cl2N9O7S3. The van der Waals surface area contributed by atoms with Crippen molar-refractivity contribution >= 4 is 88.7 Å². The molecule has 2 aliphatic heterocycles. The molecule has 2 atom stereocenters. The number of nitrogens with zero attached hydrogens (tertiary/aromatic N) is 7. The van der Waals surface area contributed by atoms with Crippen LogP contribution in [0.1, 0.15) is 37.8 Å². The normalized spacial score (nSPS) is 19.2. The molecule has 0 aromatic carbocycles. The highest BCUT2D eigenvalue weighted by Gasteiger charge is 2.54. The number of fused-ring (bicyclic) bond motifs is 1. The van der Waals surface area contributed by atoms with E-state index in [1.165, 1.54) is 39.8 Å². The summed E-state index contributed by atoms with van der Waals surface area (Å²) in [6.07, 6.45) is 3.45. The fourth-order valence-corrected chi connectivity index (χ4v) is 7.97. The maximum atomic E-state index is 13.4. The molecule has 3 aliphatic rings. The van der Waals surface area contributed by atoms with Gasteiger partial charge in [-0.05, 0) is 55.8 Å². The van der Waals surface area contributed by atoms with Gasteiger partial charge in [-0.25, -0.2) is 19.3 Å². The first-order valence-corrected chi connectivity index (χ1v) is 17.3. The minimum absolute atomic E-state index is 0. The largest absolute Gasteiger partial charge is 0.511 e. The Labute approximate surface area is 296 Å². The Morgan fingerprint density at radius 3 is 2.64 bits per heavy atom. The van der Waals surface area contributed by atoms with Crippen LogP contribution in [0.5, 0.6) is 0 Å². The summed E-state index contributed by atoms with van der Waals surface area (Å²) in [7, 11) is 3.90. The van der Waals surface area contributed by atoms with Gasteiger partial charge in [0.1, 0.15) is 23.2 Å². The number of ether oxygens (including phenoxy) is 3. The molecule has 21 heteroatoms. The lowest BCUT2D eigenvalue weighted by Crippen LogP contribution is -2.70. The van der Waals surface area contributed by atoms with E-state index in [2.05, 4.69) is 25.8 Å². The van der Waals surface area contributed by atoms with Gasteiger partial charge >= 0.3 is 12.1 Å². The second kappa shape index (κ2) is 18.1. The van der Waals surface area contributed by atoms with Crippen LogP contribution in [0, 0.1) is 0 Å². The Bertz CT molecular complexity index is 1440. The number of tetrazole rings is 1. The monoisotopic (exact) mass is 753 g/mol. The summed E-state index contributed by atoms with van der Waals surface area (Å²) >= 11 is 3.97. The van der Waals surface area contributed by atoms with Crippen molar-refractivity contribution in [3.8, 4) is 0 Å². The Hall–Kier alpha value is -2.84. The summed E-state index contributed by atoms with van der Waals surface area (Å²) < 4.78 is 17.3. The molecule has 2 amide bonds. The third kappa shape index (κ3) is 10.1. The van der Waals surface area contributed by atoms with Crippen molar-refractivity contribution < 1.29 is 33.4 Å². The summed E-state index contributed by atoms with van der Waals surface area (Å²) in [6.45, 7) is 0.625. The van der Waals surface area contributed by atoms with E-state index in [9.17, 15) is 19.2 Å². The van der Waals surface area contributed by atoms with Crippen LogP contribution in [-0.2, 0) is 41.6 Å². The number of anilines is 1. The number of nitrogen functional groups attached to an aromatic ring is 1. The fourth-order valence-electron chi connectivity index (χ4n) is 5.01. The van der Waals surface area contributed by atoms with Crippen LogP contribution >= 0.6 is 59.7 Å². The van der Waals surface area contributed by atoms with Gasteiger partial charge in [0.25, 0.3) is 5.91 Å². The van der Waals surface area contributed by atoms with E-state index in [4.69, 9.17) is 19.9 Å². The van der Waals surface area contributed by atoms with Gasteiger partial charge in [-0.1, -0.05) is 18.2 Å². The molecule has 2 fully saturated rings. The summed E-state index contributed by atoms with van der Waals surface area (Å²) in [5, 5.41) is 16.7. The van der Waals surface area contributed by atoms with Crippen molar-refractivity contribution in [2.45, 2.75) is 67.7 Å². The Balaban J connectivity index is 0.00000300. The van der Waals surface area contributed by atoms with Gasteiger partial charge in [-0.15, -0.1) is 53.0 Å². The van der Waals surface area contributed by atoms with Crippen LogP contribution < -0.4 is 11.1 Å². The average molecular weight is 755 g/mol. The Kier molecular flexibility index (Phi) is 14.8. The van der Waals surface area contributed by atoms with Crippen molar-refractivity contribution in [3.63, 3.8) is 0 Å². The molecule has 0 bridgehead atoms. The number of nitrogens with two attached hydrogens (primary N) is 1. The maximum absolute atomic E-state index is 13.4. The van der Waals surface area contributed by atoms with Crippen LogP contribution in [0.3, 0.4) is 0 Å². The van der Waals surface area contributed by atoms with E-state index in [1.807, 2.05) is 19.0 Å². The zero-order valence-corrected chi connectivity index (χ0v) is 29.8. The SMILES string of the molecule is CN(C)CCn1nnnc1SCC1=C(C(=O)OCOC(=O)OC2CCCCC2)N2C(=O)[C@@H](NC(=O)Cc3csc(N)n3)[C@H]2SC1.Cl.Cl. The molecule has 47 heavy (non-hydrogen) atoms. The number of thioether (sulfide) groups is 2. The molecule has 0 spiro atoms. The van der Waals surface area contributed by atoms with E-state index in [-0.39, 0.29) is 48.9 Å².